The molecule has 0 N–H and O–H groups in total. The monoisotopic (exact) mass is 214 g/mol. The van der Waals surface area contributed by atoms with Crippen LogP contribution in [0.4, 0.5) is 0 Å². The van der Waals surface area contributed by atoms with Crippen LogP contribution in [0.2, 0.25) is 0 Å². The molecule has 6 heavy (non-hydrogen) atoms. The predicted molar refractivity (Wildman–Crippen MR) is 27.3 cm³/mol. The van der Waals surface area contributed by atoms with Crippen molar-refractivity contribution in [3.8, 4) is 0 Å². The van der Waals surface area contributed by atoms with E-state index in [2.05, 4.69) is 13.5 Å². The Bertz CT molecular complexity index is 22.8. The average Bonchev–Trinajstić information content (AvgIpc) is 1.39. The molecule has 0 heterocycles. The van der Waals surface area contributed by atoms with Crippen molar-refractivity contribution < 1.29 is 15.1 Å². The van der Waals surface area contributed by atoms with Gasteiger partial charge in [-0.3, -0.25) is 0 Å². The van der Waals surface area contributed by atoms with Crippen LogP contribution in [-0.4, -0.2) is 0 Å². The van der Waals surface area contributed by atoms with Crippen molar-refractivity contribution in [2.45, 2.75) is 0 Å². The molecule has 0 atom stereocenters. The van der Waals surface area contributed by atoms with Crippen molar-refractivity contribution in [2.75, 3.05) is 0 Å². The number of halogens is 2. The van der Waals surface area contributed by atoms with E-state index in [4.69, 9.17) is 19.4 Å². The zero-order valence-electron chi connectivity index (χ0n) is 3.08. The molecule has 0 saturated carbocycles. The molecule has 0 aromatic carbocycles. The van der Waals surface area contributed by atoms with Gasteiger partial charge in [0.15, 0.2) is 0 Å². The SMILES string of the molecule is C=C[CH2-].[Cl][Rh+][Cl]. The standard InChI is InChI=1S/C3H5.2ClH.Rh/c1-3-2;;;/h3H,1-2H2;2*1H;/q-1;;;+3/p-2. The second-order valence-corrected chi connectivity index (χ2v) is 2.82. The van der Waals surface area contributed by atoms with E-state index in [-0.39, 0.29) is 15.1 Å². The van der Waals surface area contributed by atoms with E-state index in [0.717, 1.165) is 0 Å². The molecule has 0 aliphatic rings. The van der Waals surface area contributed by atoms with Gasteiger partial charge >= 0.3 is 34.5 Å². The van der Waals surface area contributed by atoms with Crippen molar-refractivity contribution in [3.63, 3.8) is 0 Å². The molecule has 0 fully saturated rings. The molecule has 0 nitrogen and oxygen atoms in total. The summed E-state index contributed by atoms with van der Waals surface area (Å²) < 4.78 is 0. The molecular weight excluding hydrogens is 210 g/mol. The van der Waals surface area contributed by atoms with E-state index in [1.807, 2.05) is 0 Å². The van der Waals surface area contributed by atoms with Gasteiger partial charge in [0.05, 0.1) is 0 Å². The molecule has 0 radical (unpaired) electrons. The predicted octanol–water partition coefficient (Wildman–Crippen LogP) is 2.38. The van der Waals surface area contributed by atoms with Gasteiger partial charge in [-0.05, 0) is 0 Å². The van der Waals surface area contributed by atoms with Crippen molar-refractivity contribution in [1.82, 2.24) is 0 Å². The summed E-state index contributed by atoms with van der Waals surface area (Å²) in [5.74, 6) is 0. The van der Waals surface area contributed by atoms with E-state index in [9.17, 15) is 0 Å². The number of hydrogen-bond acceptors (Lipinski definition) is 0. The Labute approximate surface area is 54.2 Å². The van der Waals surface area contributed by atoms with Crippen molar-refractivity contribution in [1.29, 1.82) is 0 Å². The summed E-state index contributed by atoms with van der Waals surface area (Å²) in [4.78, 5) is 0. The zero-order valence-corrected chi connectivity index (χ0v) is 6.23. The van der Waals surface area contributed by atoms with Crippen molar-refractivity contribution >= 4 is 19.4 Å². The Kier molecular flexibility index (Phi) is 28.2. The molecule has 0 bridgehead atoms. The van der Waals surface area contributed by atoms with Crippen LogP contribution in [0.15, 0.2) is 12.7 Å². The molecule has 40 valence electrons. The summed E-state index contributed by atoms with van der Waals surface area (Å²) in [7, 11) is 9.67. The molecule has 0 aromatic rings. The maximum absolute atomic E-state index is 4.83. The number of rotatable bonds is 0. The van der Waals surface area contributed by atoms with Gasteiger partial charge in [0.25, 0.3) is 0 Å². The molecule has 3 heteroatoms. The second kappa shape index (κ2) is 17.0. The van der Waals surface area contributed by atoms with Crippen molar-refractivity contribution in [2.24, 2.45) is 0 Å². The Hall–Kier alpha value is 0.813. The average molecular weight is 215 g/mol. The first-order valence-corrected chi connectivity index (χ1v) is 5.29. The van der Waals surface area contributed by atoms with Crippen molar-refractivity contribution in [3.05, 3.63) is 19.6 Å². The van der Waals surface area contributed by atoms with Gasteiger partial charge in [0.2, 0.25) is 0 Å². The maximum atomic E-state index is 4.83. The summed E-state index contributed by atoms with van der Waals surface area (Å²) >= 11 is -0.226. The molecule has 0 aliphatic carbocycles. The molecular formula is C3H5Cl2Rh. The quantitative estimate of drug-likeness (QED) is 0.429. The second-order valence-electron chi connectivity index (χ2n) is 0.336. The minimum atomic E-state index is -0.226. The van der Waals surface area contributed by atoms with Crippen LogP contribution in [0.25, 0.3) is 0 Å². The van der Waals surface area contributed by atoms with E-state index in [0.29, 0.717) is 0 Å². The topological polar surface area (TPSA) is 0 Å². The van der Waals surface area contributed by atoms with Crippen LogP contribution in [0.1, 0.15) is 0 Å². The normalized spacial score (nSPS) is 5.67. The van der Waals surface area contributed by atoms with Crippen LogP contribution in [0, 0.1) is 6.92 Å². The first-order chi connectivity index (χ1) is 2.83. The fourth-order valence-electron chi connectivity index (χ4n) is 0. The fraction of sp³-hybridized carbons (Fsp3) is 0. The third-order valence-electron chi connectivity index (χ3n) is 0. The van der Waals surface area contributed by atoms with Crippen LogP contribution in [-0.2, 0) is 15.1 Å². The van der Waals surface area contributed by atoms with Gasteiger partial charge in [-0.25, -0.2) is 19.6 Å². The van der Waals surface area contributed by atoms with E-state index >= 15 is 0 Å². The summed E-state index contributed by atoms with van der Waals surface area (Å²) in [5.41, 5.74) is 0. The van der Waals surface area contributed by atoms with Gasteiger partial charge < -0.3 is 0 Å². The van der Waals surface area contributed by atoms with Crippen LogP contribution in [0.5, 0.6) is 0 Å². The number of allylic oxidation sites excluding steroid dienone is 1. The Balaban J connectivity index is 0. The van der Waals surface area contributed by atoms with Gasteiger partial charge in [0.1, 0.15) is 0 Å². The Morgan fingerprint density at radius 1 is 1.67 bits per heavy atom. The Morgan fingerprint density at radius 2 is 1.67 bits per heavy atom. The molecule has 0 saturated heterocycles. The van der Waals surface area contributed by atoms with Crippen LogP contribution in [0.3, 0.4) is 0 Å². The van der Waals surface area contributed by atoms with E-state index < -0.39 is 0 Å². The van der Waals surface area contributed by atoms with Gasteiger partial charge in [-0.2, -0.15) is 0 Å². The molecule has 0 unspecified atom stereocenters. The molecule has 0 rings (SSSR count). The fourth-order valence-corrected chi connectivity index (χ4v) is 0. The summed E-state index contributed by atoms with van der Waals surface area (Å²) in [6.45, 7) is 6.50. The summed E-state index contributed by atoms with van der Waals surface area (Å²) in [6.07, 6.45) is 1.50. The Morgan fingerprint density at radius 3 is 1.67 bits per heavy atom. The molecule has 0 amide bonds. The molecule has 0 aromatic heterocycles. The third kappa shape index (κ3) is 106. The van der Waals surface area contributed by atoms with E-state index in [1.54, 1.807) is 0 Å². The van der Waals surface area contributed by atoms with Gasteiger partial charge in [-0.1, -0.05) is 0 Å². The summed E-state index contributed by atoms with van der Waals surface area (Å²) in [6, 6.07) is 0. The van der Waals surface area contributed by atoms with Crippen LogP contribution < -0.4 is 0 Å². The third-order valence-corrected chi connectivity index (χ3v) is 0. The first kappa shape index (κ1) is 9.94. The first-order valence-electron chi connectivity index (χ1n) is 1.07. The zero-order chi connectivity index (χ0) is 5.41. The van der Waals surface area contributed by atoms with E-state index in [1.165, 1.54) is 6.08 Å². The molecule has 0 spiro atoms. The van der Waals surface area contributed by atoms with Gasteiger partial charge in [0, 0.05) is 0 Å². The van der Waals surface area contributed by atoms with Gasteiger partial charge in [-0.15, -0.1) is 0 Å². The van der Waals surface area contributed by atoms with Crippen LogP contribution >= 0.6 is 19.4 Å². The molecule has 0 aliphatic heterocycles. The minimum absolute atomic E-state index is 0.226. The summed E-state index contributed by atoms with van der Waals surface area (Å²) in [5, 5.41) is 0. The number of hydrogen-bond donors (Lipinski definition) is 0.